The van der Waals surface area contributed by atoms with Gasteiger partial charge in [-0.3, -0.25) is 4.79 Å². The molecule has 0 aliphatic heterocycles. The van der Waals surface area contributed by atoms with E-state index >= 15 is 0 Å². The minimum atomic E-state index is -4.52. The lowest BCUT2D eigenvalue weighted by atomic mass is 10.1. The fraction of sp³-hybridized carbons (Fsp3) is 0.167. The Labute approximate surface area is 148 Å². The van der Waals surface area contributed by atoms with Crippen molar-refractivity contribution in [2.75, 3.05) is 11.9 Å². The second-order valence-corrected chi connectivity index (χ2v) is 5.39. The molecule has 0 aliphatic rings. The Kier molecular flexibility index (Phi) is 6.09. The number of nitrogens with one attached hydrogen (secondary N) is 1. The zero-order chi connectivity index (χ0) is 18.4. The van der Waals surface area contributed by atoms with Crippen LogP contribution in [0.5, 0.6) is 5.75 Å². The third kappa shape index (κ3) is 5.26. The van der Waals surface area contributed by atoms with Gasteiger partial charge >= 0.3 is 6.18 Å². The first-order valence-electron chi connectivity index (χ1n) is 7.39. The number of alkyl halides is 3. The molecule has 0 saturated carbocycles. The Morgan fingerprint density at radius 3 is 2.64 bits per heavy atom. The molecule has 0 saturated heterocycles. The van der Waals surface area contributed by atoms with Crippen LogP contribution in [0.3, 0.4) is 0 Å². The average molecular weight is 370 g/mol. The van der Waals surface area contributed by atoms with Gasteiger partial charge in [0.1, 0.15) is 5.75 Å². The van der Waals surface area contributed by atoms with Crippen LogP contribution in [0.15, 0.2) is 48.5 Å². The number of rotatable bonds is 5. The highest BCUT2D eigenvalue weighted by Crippen LogP contribution is 2.33. The van der Waals surface area contributed by atoms with Crippen molar-refractivity contribution < 1.29 is 22.7 Å². The van der Waals surface area contributed by atoms with E-state index in [1.807, 2.05) is 6.92 Å². The fourth-order valence-electron chi connectivity index (χ4n) is 2.04. The summed E-state index contributed by atoms with van der Waals surface area (Å²) >= 11 is 5.85. The van der Waals surface area contributed by atoms with Crippen molar-refractivity contribution in [2.24, 2.45) is 0 Å². The molecule has 1 N–H and O–H groups in total. The molecule has 0 atom stereocenters. The summed E-state index contributed by atoms with van der Waals surface area (Å²) in [5, 5.41) is 2.36. The van der Waals surface area contributed by atoms with E-state index in [-0.39, 0.29) is 10.7 Å². The quantitative estimate of drug-likeness (QED) is 0.716. The van der Waals surface area contributed by atoms with Gasteiger partial charge < -0.3 is 10.1 Å². The number of hydrogen-bond donors (Lipinski definition) is 1. The molecule has 25 heavy (non-hydrogen) atoms. The lowest BCUT2D eigenvalue weighted by molar-refractivity contribution is -0.137. The van der Waals surface area contributed by atoms with E-state index in [9.17, 15) is 18.0 Å². The number of hydrogen-bond acceptors (Lipinski definition) is 2. The molecule has 2 rings (SSSR count). The SMILES string of the molecule is CCOc1ccccc1C=CC(=O)Nc1cc(C(F)(F)F)ccc1Cl. The average Bonchev–Trinajstić information content (AvgIpc) is 2.55. The molecule has 2 aromatic rings. The maximum atomic E-state index is 12.7. The zero-order valence-electron chi connectivity index (χ0n) is 13.2. The van der Waals surface area contributed by atoms with Crippen molar-refractivity contribution in [2.45, 2.75) is 13.1 Å². The number of anilines is 1. The first kappa shape index (κ1) is 18.9. The highest BCUT2D eigenvalue weighted by molar-refractivity contribution is 6.33. The van der Waals surface area contributed by atoms with Crippen LogP contribution in [-0.4, -0.2) is 12.5 Å². The van der Waals surface area contributed by atoms with Crippen LogP contribution in [0.2, 0.25) is 5.02 Å². The number of carbonyl (C=O) groups excluding carboxylic acids is 1. The molecule has 0 bridgehead atoms. The van der Waals surface area contributed by atoms with Gasteiger partial charge in [0.25, 0.3) is 0 Å². The Morgan fingerprint density at radius 1 is 1.24 bits per heavy atom. The van der Waals surface area contributed by atoms with Crippen LogP contribution in [0.25, 0.3) is 6.08 Å². The van der Waals surface area contributed by atoms with Gasteiger partial charge in [0, 0.05) is 11.6 Å². The summed E-state index contributed by atoms with van der Waals surface area (Å²) in [7, 11) is 0. The largest absolute Gasteiger partial charge is 0.493 e. The highest BCUT2D eigenvalue weighted by Gasteiger charge is 2.31. The van der Waals surface area contributed by atoms with Gasteiger partial charge in [-0.2, -0.15) is 13.2 Å². The molecule has 2 aromatic carbocycles. The molecular weight excluding hydrogens is 355 g/mol. The molecule has 0 radical (unpaired) electrons. The molecule has 1 amide bonds. The number of benzene rings is 2. The van der Waals surface area contributed by atoms with E-state index in [4.69, 9.17) is 16.3 Å². The maximum absolute atomic E-state index is 12.7. The second-order valence-electron chi connectivity index (χ2n) is 4.99. The molecule has 0 unspecified atom stereocenters. The van der Waals surface area contributed by atoms with E-state index in [0.29, 0.717) is 17.9 Å². The number of amides is 1. The zero-order valence-corrected chi connectivity index (χ0v) is 14.0. The van der Waals surface area contributed by atoms with Crippen LogP contribution < -0.4 is 10.1 Å². The van der Waals surface area contributed by atoms with Gasteiger partial charge in [-0.25, -0.2) is 0 Å². The van der Waals surface area contributed by atoms with E-state index in [2.05, 4.69) is 5.32 Å². The summed E-state index contributed by atoms with van der Waals surface area (Å²) < 4.78 is 43.6. The predicted octanol–water partition coefficient (Wildman–Crippen LogP) is 5.41. The third-order valence-corrected chi connectivity index (χ3v) is 3.51. The topological polar surface area (TPSA) is 38.3 Å². The summed E-state index contributed by atoms with van der Waals surface area (Å²) in [4.78, 5) is 12.0. The number of para-hydroxylation sites is 1. The first-order valence-corrected chi connectivity index (χ1v) is 7.76. The smallest absolute Gasteiger partial charge is 0.416 e. The Hall–Kier alpha value is -2.47. The van der Waals surface area contributed by atoms with Gasteiger partial charge in [-0.05, 0) is 37.3 Å². The van der Waals surface area contributed by atoms with Crippen LogP contribution in [0, 0.1) is 0 Å². The summed E-state index contributed by atoms with van der Waals surface area (Å²) in [5.74, 6) is -0.00122. The number of halogens is 4. The van der Waals surface area contributed by atoms with E-state index in [0.717, 1.165) is 18.2 Å². The van der Waals surface area contributed by atoms with Crippen molar-refractivity contribution in [3.63, 3.8) is 0 Å². The van der Waals surface area contributed by atoms with Crippen LogP contribution in [0.1, 0.15) is 18.1 Å². The van der Waals surface area contributed by atoms with Crippen LogP contribution >= 0.6 is 11.6 Å². The van der Waals surface area contributed by atoms with Gasteiger partial charge in [-0.1, -0.05) is 29.8 Å². The minimum absolute atomic E-state index is 0.0180. The summed E-state index contributed by atoms with van der Waals surface area (Å²) in [6.07, 6.45) is -1.80. The van der Waals surface area contributed by atoms with Gasteiger partial charge in [0.05, 0.1) is 22.9 Å². The molecule has 0 aromatic heterocycles. The predicted molar refractivity (Wildman–Crippen MR) is 91.7 cm³/mol. The van der Waals surface area contributed by atoms with Crippen molar-refractivity contribution in [1.82, 2.24) is 0 Å². The third-order valence-electron chi connectivity index (χ3n) is 3.18. The minimum Gasteiger partial charge on any atom is -0.493 e. The molecular formula is C18H15ClF3NO2. The fourth-order valence-corrected chi connectivity index (χ4v) is 2.21. The number of carbonyl (C=O) groups is 1. The molecule has 3 nitrogen and oxygen atoms in total. The van der Waals surface area contributed by atoms with Crippen molar-refractivity contribution in [1.29, 1.82) is 0 Å². The van der Waals surface area contributed by atoms with Crippen LogP contribution in [-0.2, 0) is 11.0 Å². The van der Waals surface area contributed by atoms with Crippen molar-refractivity contribution >= 4 is 29.3 Å². The molecule has 0 spiro atoms. The van der Waals surface area contributed by atoms with Crippen LogP contribution in [0.4, 0.5) is 18.9 Å². The Morgan fingerprint density at radius 2 is 1.96 bits per heavy atom. The monoisotopic (exact) mass is 369 g/mol. The highest BCUT2D eigenvalue weighted by atomic mass is 35.5. The van der Waals surface area contributed by atoms with Gasteiger partial charge in [-0.15, -0.1) is 0 Å². The lowest BCUT2D eigenvalue weighted by Gasteiger charge is -2.10. The van der Waals surface area contributed by atoms with Gasteiger partial charge in [0.15, 0.2) is 0 Å². The molecule has 0 aliphatic carbocycles. The van der Waals surface area contributed by atoms with Gasteiger partial charge in [0.2, 0.25) is 5.91 Å². The normalized spacial score (nSPS) is 11.6. The summed E-state index contributed by atoms with van der Waals surface area (Å²) in [6.45, 7) is 2.31. The van der Waals surface area contributed by atoms with E-state index in [1.165, 1.54) is 12.2 Å². The molecule has 0 fully saturated rings. The standard InChI is InChI=1S/C18H15ClF3NO2/c1-2-25-16-6-4-3-5-12(16)7-10-17(24)23-15-11-13(18(20,21)22)8-9-14(15)19/h3-11H,2H2,1H3,(H,23,24). The molecule has 7 heteroatoms. The summed E-state index contributed by atoms with van der Waals surface area (Å²) in [6, 6.07) is 9.83. The first-order chi connectivity index (χ1) is 11.8. The van der Waals surface area contributed by atoms with Crippen molar-refractivity contribution in [3.05, 3.63) is 64.7 Å². The lowest BCUT2D eigenvalue weighted by Crippen LogP contribution is -2.11. The number of ether oxygens (including phenoxy) is 1. The van der Waals surface area contributed by atoms with E-state index in [1.54, 1.807) is 24.3 Å². The Balaban J connectivity index is 2.16. The second kappa shape index (κ2) is 8.07. The Bertz CT molecular complexity index is 788. The van der Waals surface area contributed by atoms with E-state index < -0.39 is 17.6 Å². The molecule has 132 valence electrons. The van der Waals surface area contributed by atoms with Crippen molar-refractivity contribution in [3.8, 4) is 5.75 Å². The maximum Gasteiger partial charge on any atom is 0.416 e. The summed E-state index contributed by atoms with van der Waals surface area (Å²) in [5.41, 5.74) is -0.322. The molecule has 0 heterocycles.